The summed E-state index contributed by atoms with van der Waals surface area (Å²) in [5, 5.41) is 11.0. The van der Waals surface area contributed by atoms with E-state index in [4.69, 9.17) is 10.5 Å². The predicted octanol–water partition coefficient (Wildman–Crippen LogP) is 1.26. The van der Waals surface area contributed by atoms with E-state index in [-0.39, 0.29) is 6.09 Å². The van der Waals surface area contributed by atoms with Crippen LogP contribution >= 0.6 is 0 Å². The molecule has 2 rings (SSSR count). The highest BCUT2D eigenvalue weighted by atomic mass is 16.6. The SMILES string of the molecule is CC(C)(C)OC(=O)NCC1CC(n2cc(CCN)nn2)C1. The van der Waals surface area contributed by atoms with Crippen molar-refractivity contribution in [3.63, 3.8) is 0 Å². The molecule has 7 heteroatoms. The fraction of sp³-hybridized carbons (Fsp3) is 0.786. The van der Waals surface area contributed by atoms with E-state index in [0.29, 0.717) is 25.0 Å². The van der Waals surface area contributed by atoms with Crippen molar-refractivity contribution in [3.8, 4) is 0 Å². The highest BCUT2D eigenvalue weighted by Crippen LogP contribution is 2.36. The van der Waals surface area contributed by atoms with Crippen LogP contribution in [0.25, 0.3) is 0 Å². The zero-order valence-corrected chi connectivity index (χ0v) is 13.0. The summed E-state index contributed by atoms with van der Waals surface area (Å²) in [6, 6.07) is 0.384. The van der Waals surface area contributed by atoms with Gasteiger partial charge in [-0.05, 0) is 46.1 Å². The van der Waals surface area contributed by atoms with E-state index in [0.717, 1.165) is 25.0 Å². The fourth-order valence-corrected chi connectivity index (χ4v) is 2.38. The van der Waals surface area contributed by atoms with Crippen molar-refractivity contribution < 1.29 is 9.53 Å². The molecule has 1 aliphatic rings. The maximum Gasteiger partial charge on any atom is 0.407 e. The van der Waals surface area contributed by atoms with Crippen LogP contribution in [-0.4, -0.2) is 39.8 Å². The first kappa shape index (κ1) is 15.8. The third kappa shape index (κ3) is 4.70. The Morgan fingerprint density at radius 1 is 1.52 bits per heavy atom. The standard InChI is InChI=1S/C14H25N5O2/c1-14(2,3)21-13(20)16-8-10-6-12(7-10)19-9-11(4-5-15)17-18-19/h9-10,12H,4-8,15H2,1-3H3,(H,16,20). The van der Waals surface area contributed by atoms with Gasteiger partial charge in [0.2, 0.25) is 0 Å². The Labute approximate surface area is 125 Å². The maximum absolute atomic E-state index is 11.6. The number of carbonyl (C=O) groups excluding carboxylic acids is 1. The van der Waals surface area contributed by atoms with Gasteiger partial charge in [-0.1, -0.05) is 5.21 Å². The number of alkyl carbamates (subject to hydrolysis) is 1. The van der Waals surface area contributed by atoms with Crippen LogP contribution in [0.3, 0.4) is 0 Å². The minimum Gasteiger partial charge on any atom is -0.444 e. The Balaban J connectivity index is 1.68. The van der Waals surface area contributed by atoms with Crippen molar-refractivity contribution in [3.05, 3.63) is 11.9 Å². The molecule has 1 aromatic rings. The Kier molecular flexibility index (Phi) is 4.82. The number of nitrogens with zero attached hydrogens (tertiary/aromatic N) is 3. The number of ether oxygens (including phenoxy) is 1. The number of nitrogens with two attached hydrogens (primary N) is 1. The minimum absolute atomic E-state index is 0.350. The van der Waals surface area contributed by atoms with Gasteiger partial charge in [0.1, 0.15) is 5.60 Å². The second-order valence-electron chi connectivity index (χ2n) is 6.60. The number of nitrogens with one attached hydrogen (secondary N) is 1. The molecule has 0 atom stereocenters. The predicted molar refractivity (Wildman–Crippen MR) is 78.8 cm³/mol. The van der Waals surface area contributed by atoms with E-state index in [9.17, 15) is 4.79 Å². The second kappa shape index (κ2) is 6.43. The van der Waals surface area contributed by atoms with Crippen molar-refractivity contribution >= 4 is 6.09 Å². The number of rotatable bonds is 5. The number of amides is 1. The number of carbonyl (C=O) groups is 1. The molecule has 1 amide bonds. The van der Waals surface area contributed by atoms with Gasteiger partial charge in [0.25, 0.3) is 0 Å². The fourth-order valence-electron chi connectivity index (χ4n) is 2.38. The Morgan fingerprint density at radius 3 is 2.86 bits per heavy atom. The Hall–Kier alpha value is -1.63. The van der Waals surface area contributed by atoms with Crippen LogP contribution in [0, 0.1) is 5.92 Å². The molecule has 0 bridgehead atoms. The van der Waals surface area contributed by atoms with Crippen LogP contribution in [-0.2, 0) is 11.2 Å². The van der Waals surface area contributed by atoms with Crippen molar-refractivity contribution in [1.29, 1.82) is 0 Å². The summed E-state index contributed by atoms with van der Waals surface area (Å²) >= 11 is 0. The summed E-state index contributed by atoms with van der Waals surface area (Å²) in [7, 11) is 0. The molecule has 1 aromatic heterocycles. The van der Waals surface area contributed by atoms with E-state index < -0.39 is 5.60 Å². The summed E-state index contributed by atoms with van der Waals surface area (Å²) in [6.45, 7) is 6.81. The Morgan fingerprint density at radius 2 is 2.24 bits per heavy atom. The Bertz CT molecular complexity index is 474. The molecule has 1 aliphatic carbocycles. The lowest BCUT2D eigenvalue weighted by Crippen LogP contribution is -2.39. The second-order valence-corrected chi connectivity index (χ2v) is 6.60. The summed E-state index contributed by atoms with van der Waals surface area (Å²) in [4.78, 5) is 11.6. The monoisotopic (exact) mass is 295 g/mol. The van der Waals surface area contributed by atoms with Gasteiger partial charge in [0, 0.05) is 19.2 Å². The molecule has 0 aromatic carbocycles. The summed E-state index contributed by atoms with van der Waals surface area (Å²) in [5.41, 5.74) is 5.98. The maximum atomic E-state index is 11.6. The van der Waals surface area contributed by atoms with E-state index >= 15 is 0 Å². The molecule has 7 nitrogen and oxygen atoms in total. The molecule has 118 valence electrons. The summed E-state index contributed by atoms with van der Waals surface area (Å²) < 4.78 is 7.12. The van der Waals surface area contributed by atoms with E-state index in [1.165, 1.54) is 0 Å². The first-order chi connectivity index (χ1) is 9.87. The molecular weight excluding hydrogens is 270 g/mol. The summed E-state index contributed by atoms with van der Waals surface area (Å²) in [6.07, 6.45) is 4.38. The van der Waals surface area contributed by atoms with Crippen LogP contribution in [0.15, 0.2) is 6.20 Å². The van der Waals surface area contributed by atoms with Gasteiger partial charge in [-0.15, -0.1) is 5.10 Å². The van der Waals surface area contributed by atoms with E-state index in [1.54, 1.807) is 0 Å². The largest absolute Gasteiger partial charge is 0.444 e. The van der Waals surface area contributed by atoms with Gasteiger partial charge in [0.15, 0.2) is 0 Å². The first-order valence-electron chi connectivity index (χ1n) is 7.45. The van der Waals surface area contributed by atoms with Gasteiger partial charge >= 0.3 is 6.09 Å². The lowest BCUT2D eigenvalue weighted by Gasteiger charge is -2.35. The third-order valence-corrected chi connectivity index (χ3v) is 3.48. The van der Waals surface area contributed by atoms with Crippen LogP contribution in [0.2, 0.25) is 0 Å². The lowest BCUT2D eigenvalue weighted by atomic mass is 9.80. The molecule has 3 N–H and O–H groups in total. The number of aromatic nitrogens is 3. The van der Waals surface area contributed by atoms with Gasteiger partial charge < -0.3 is 15.8 Å². The zero-order chi connectivity index (χ0) is 15.5. The molecule has 0 aliphatic heterocycles. The van der Waals surface area contributed by atoms with Gasteiger partial charge in [-0.25, -0.2) is 9.48 Å². The van der Waals surface area contributed by atoms with Crippen LogP contribution in [0.4, 0.5) is 4.79 Å². The number of hydrogen-bond acceptors (Lipinski definition) is 5. The average Bonchev–Trinajstić information content (AvgIpc) is 2.73. The lowest BCUT2D eigenvalue weighted by molar-refractivity contribution is 0.0497. The molecule has 21 heavy (non-hydrogen) atoms. The van der Waals surface area contributed by atoms with Crippen molar-refractivity contribution in [1.82, 2.24) is 20.3 Å². The van der Waals surface area contributed by atoms with Gasteiger partial charge in [-0.2, -0.15) is 0 Å². The minimum atomic E-state index is -0.452. The van der Waals surface area contributed by atoms with Crippen molar-refractivity contribution in [2.75, 3.05) is 13.1 Å². The van der Waals surface area contributed by atoms with E-state index in [2.05, 4.69) is 15.6 Å². The third-order valence-electron chi connectivity index (χ3n) is 3.48. The molecule has 1 heterocycles. The normalized spacial score (nSPS) is 21.7. The molecule has 1 saturated carbocycles. The quantitative estimate of drug-likeness (QED) is 0.852. The smallest absolute Gasteiger partial charge is 0.407 e. The summed E-state index contributed by atoms with van der Waals surface area (Å²) in [5.74, 6) is 0.477. The molecule has 1 fully saturated rings. The molecule has 0 unspecified atom stereocenters. The molecule has 0 radical (unpaired) electrons. The van der Waals surface area contributed by atoms with Crippen LogP contribution < -0.4 is 11.1 Å². The van der Waals surface area contributed by atoms with E-state index in [1.807, 2.05) is 31.6 Å². The topological polar surface area (TPSA) is 95.1 Å². The molecular formula is C14H25N5O2. The zero-order valence-electron chi connectivity index (χ0n) is 13.0. The molecule has 0 spiro atoms. The molecule has 0 saturated heterocycles. The van der Waals surface area contributed by atoms with Crippen LogP contribution in [0.5, 0.6) is 0 Å². The highest BCUT2D eigenvalue weighted by Gasteiger charge is 2.31. The highest BCUT2D eigenvalue weighted by molar-refractivity contribution is 5.67. The van der Waals surface area contributed by atoms with Crippen molar-refractivity contribution in [2.24, 2.45) is 11.7 Å². The van der Waals surface area contributed by atoms with Gasteiger partial charge in [-0.3, -0.25) is 0 Å². The average molecular weight is 295 g/mol. The van der Waals surface area contributed by atoms with Gasteiger partial charge in [0.05, 0.1) is 11.7 Å². The van der Waals surface area contributed by atoms with Crippen molar-refractivity contribution in [2.45, 2.75) is 51.7 Å². The van der Waals surface area contributed by atoms with Crippen LogP contribution in [0.1, 0.15) is 45.3 Å². The first-order valence-corrected chi connectivity index (χ1v) is 7.45. The number of hydrogen-bond donors (Lipinski definition) is 2.